The van der Waals surface area contributed by atoms with E-state index in [1.807, 2.05) is 36.5 Å². The summed E-state index contributed by atoms with van der Waals surface area (Å²) in [7, 11) is 0. The van der Waals surface area contributed by atoms with Crippen LogP contribution in [-0.2, 0) is 4.79 Å². The molecule has 2 N–H and O–H groups in total. The zero-order valence-corrected chi connectivity index (χ0v) is 14.3. The summed E-state index contributed by atoms with van der Waals surface area (Å²) in [5.41, 5.74) is 1.96. The van der Waals surface area contributed by atoms with E-state index in [1.165, 1.54) is 0 Å². The second-order valence-electron chi connectivity index (χ2n) is 6.34. The lowest BCUT2D eigenvalue weighted by Gasteiger charge is -2.32. The lowest BCUT2D eigenvalue weighted by Crippen LogP contribution is -2.38. The number of pyridine rings is 2. The van der Waals surface area contributed by atoms with Crippen LogP contribution in [0.2, 0.25) is 0 Å². The molecular formula is C19H20N6O. The lowest BCUT2D eigenvalue weighted by atomic mass is 9.96. The van der Waals surface area contributed by atoms with Crippen molar-refractivity contribution in [2.45, 2.75) is 12.8 Å². The van der Waals surface area contributed by atoms with E-state index in [0.717, 1.165) is 43.0 Å². The molecule has 3 aromatic rings. The number of H-pyrrole nitrogens is 1. The summed E-state index contributed by atoms with van der Waals surface area (Å²) < 4.78 is 0. The first-order chi connectivity index (χ1) is 12.8. The Hall–Kier alpha value is -3.22. The molecule has 4 rings (SSSR count). The van der Waals surface area contributed by atoms with Crippen molar-refractivity contribution in [2.24, 2.45) is 5.92 Å². The number of rotatable bonds is 4. The van der Waals surface area contributed by atoms with Crippen LogP contribution in [0.4, 0.5) is 11.6 Å². The van der Waals surface area contributed by atoms with Gasteiger partial charge in [0.2, 0.25) is 5.91 Å². The third-order valence-electron chi connectivity index (χ3n) is 4.67. The zero-order chi connectivity index (χ0) is 17.8. The highest BCUT2D eigenvalue weighted by Gasteiger charge is 2.25. The van der Waals surface area contributed by atoms with E-state index in [2.05, 4.69) is 30.4 Å². The van der Waals surface area contributed by atoms with Gasteiger partial charge in [0.05, 0.1) is 5.69 Å². The summed E-state index contributed by atoms with van der Waals surface area (Å²) in [6, 6.07) is 11.5. The molecule has 1 fully saturated rings. The van der Waals surface area contributed by atoms with E-state index in [4.69, 9.17) is 0 Å². The van der Waals surface area contributed by atoms with Gasteiger partial charge in [-0.3, -0.25) is 9.89 Å². The number of carbonyl (C=O) groups excluding carboxylic acids is 1. The van der Waals surface area contributed by atoms with Crippen molar-refractivity contribution in [1.82, 2.24) is 20.2 Å². The number of hydrogen-bond donors (Lipinski definition) is 2. The quantitative estimate of drug-likeness (QED) is 0.757. The van der Waals surface area contributed by atoms with Gasteiger partial charge in [-0.1, -0.05) is 6.07 Å². The molecule has 0 spiro atoms. The number of piperidine rings is 1. The number of aromatic nitrogens is 4. The van der Waals surface area contributed by atoms with Crippen LogP contribution >= 0.6 is 0 Å². The minimum absolute atomic E-state index is 0.0116. The van der Waals surface area contributed by atoms with Gasteiger partial charge in [-0.05, 0) is 43.2 Å². The maximum atomic E-state index is 12.4. The molecule has 0 aromatic carbocycles. The van der Waals surface area contributed by atoms with Gasteiger partial charge >= 0.3 is 0 Å². The van der Waals surface area contributed by atoms with Crippen molar-refractivity contribution in [1.29, 1.82) is 0 Å². The fourth-order valence-electron chi connectivity index (χ4n) is 3.18. The molecule has 1 aliphatic heterocycles. The molecule has 0 saturated carbocycles. The number of amides is 1. The predicted octanol–water partition coefficient (Wildman–Crippen LogP) is 2.72. The number of nitrogens with one attached hydrogen (secondary N) is 2. The molecular weight excluding hydrogens is 328 g/mol. The molecule has 0 atom stereocenters. The summed E-state index contributed by atoms with van der Waals surface area (Å²) in [5.74, 6) is 1.61. The number of nitrogens with zero attached hydrogens (tertiary/aromatic N) is 4. The Morgan fingerprint density at radius 3 is 2.62 bits per heavy atom. The Bertz CT molecular complexity index is 840. The van der Waals surface area contributed by atoms with Crippen molar-refractivity contribution in [3.63, 3.8) is 0 Å². The Morgan fingerprint density at radius 1 is 1.08 bits per heavy atom. The maximum Gasteiger partial charge on any atom is 0.228 e. The lowest BCUT2D eigenvalue weighted by molar-refractivity contribution is -0.120. The van der Waals surface area contributed by atoms with Crippen LogP contribution in [0.25, 0.3) is 11.3 Å². The molecule has 132 valence electrons. The molecule has 7 heteroatoms. The second kappa shape index (κ2) is 7.35. The SMILES string of the molecule is O=C(Nc1ccccn1)C1CCN(c2ccc(-c3ccn[nH]3)cn2)CC1. The second-order valence-corrected chi connectivity index (χ2v) is 6.34. The molecule has 3 aromatic heterocycles. The van der Waals surface area contributed by atoms with Crippen LogP contribution in [0, 0.1) is 5.92 Å². The number of aromatic amines is 1. The van der Waals surface area contributed by atoms with Crippen LogP contribution in [-0.4, -0.2) is 39.2 Å². The Morgan fingerprint density at radius 2 is 1.96 bits per heavy atom. The van der Waals surface area contributed by atoms with Crippen LogP contribution in [0.1, 0.15) is 12.8 Å². The first kappa shape index (κ1) is 16.3. The molecule has 1 amide bonds. The number of anilines is 2. The Balaban J connectivity index is 1.34. The fourth-order valence-corrected chi connectivity index (χ4v) is 3.18. The van der Waals surface area contributed by atoms with Crippen molar-refractivity contribution >= 4 is 17.5 Å². The first-order valence-corrected chi connectivity index (χ1v) is 8.72. The number of hydrogen-bond acceptors (Lipinski definition) is 5. The van der Waals surface area contributed by atoms with Crippen LogP contribution in [0.15, 0.2) is 55.0 Å². The highest BCUT2D eigenvalue weighted by Crippen LogP contribution is 2.24. The standard InChI is InChI=1S/C19H20N6O/c26-19(23-17-3-1-2-9-20-17)14-7-11-25(12-8-14)18-5-4-15(13-21-18)16-6-10-22-24-16/h1-6,9-10,13-14H,7-8,11-12H2,(H,22,24)(H,20,23,26). The highest BCUT2D eigenvalue weighted by molar-refractivity contribution is 5.91. The molecule has 1 saturated heterocycles. The van der Waals surface area contributed by atoms with Crippen LogP contribution in [0.5, 0.6) is 0 Å². The molecule has 4 heterocycles. The highest BCUT2D eigenvalue weighted by atomic mass is 16.1. The minimum Gasteiger partial charge on any atom is -0.357 e. The molecule has 0 radical (unpaired) electrons. The molecule has 7 nitrogen and oxygen atoms in total. The Labute approximate surface area is 151 Å². The average Bonchev–Trinajstić information content (AvgIpc) is 3.24. The zero-order valence-electron chi connectivity index (χ0n) is 14.3. The molecule has 0 unspecified atom stereocenters. The topological polar surface area (TPSA) is 86.8 Å². The van der Waals surface area contributed by atoms with E-state index < -0.39 is 0 Å². The van der Waals surface area contributed by atoms with Gasteiger partial charge in [0, 0.05) is 43.2 Å². The van der Waals surface area contributed by atoms with Gasteiger partial charge in [0.25, 0.3) is 0 Å². The minimum atomic E-state index is 0.0116. The van der Waals surface area contributed by atoms with Crippen molar-refractivity contribution in [3.8, 4) is 11.3 Å². The van der Waals surface area contributed by atoms with E-state index in [1.54, 1.807) is 18.5 Å². The maximum absolute atomic E-state index is 12.4. The predicted molar refractivity (Wildman–Crippen MR) is 99.6 cm³/mol. The third kappa shape index (κ3) is 3.56. The molecule has 1 aliphatic rings. The summed E-state index contributed by atoms with van der Waals surface area (Å²) in [4.78, 5) is 23.3. The normalized spacial score (nSPS) is 15.0. The van der Waals surface area contributed by atoms with Gasteiger partial charge in [0.1, 0.15) is 11.6 Å². The van der Waals surface area contributed by atoms with Gasteiger partial charge < -0.3 is 10.2 Å². The molecule has 0 bridgehead atoms. The van der Waals surface area contributed by atoms with Gasteiger partial charge in [-0.25, -0.2) is 9.97 Å². The summed E-state index contributed by atoms with van der Waals surface area (Å²) >= 11 is 0. The third-order valence-corrected chi connectivity index (χ3v) is 4.67. The van der Waals surface area contributed by atoms with Crippen LogP contribution < -0.4 is 10.2 Å². The fraction of sp³-hybridized carbons (Fsp3) is 0.263. The Kier molecular flexibility index (Phi) is 4.59. The summed E-state index contributed by atoms with van der Waals surface area (Å²) in [5, 5.41) is 9.79. The van der Waals surface area contributed by atoms with E-state index >= 15 is 0 Å². The van der Waals surface area contributed by atoms with E-state index in [-0.39, 0.29) is 11.8 Å². The van der Waals surface area contributed by atoms with Gasteiger partial charge in [-0.2, -0.15) is 5.10 Å². The first-order valence-electron chi connectivity index (χ1n) is 8.72. The largest absolute Gasteiger partial charge is 0.357 e. The average molecular weight is 348 g/mol. The summed E-state index contributed by atoms with van der Waals surface area (Å²) in [6.07, 6.45) is 6.87. The van der Waals surface area contributed by atoms with Crippen molar-refractivity contribution in [3.05, 3.63) is 55.0 Å². The van der Waals surface area contributed by atoms with Crippen molar-refractivity contribution < 1.29 is 4.79 Å². The smallest absolute Gasteiger partial charge is 0.228 e. The van der Waals surface area contributed by atoms with E-state index in [9.17, 15) is 4.79 Å². The van der Waals surface area contributed by atoms with Gasteiger partial charge in [-0.15, -0.1) is 0 Å². The molecule has 0 aliphatic carbocycles. The van der Waals surface area contributed by atoms with Gasteiger partial charge in [0.15, 0.2) is 0 Å². The summed E-state index contributed by atoms with van der Waals surface area (Å²) in [6.45, 7) is 1.63. The monoisotopic (exact) mass is 348 g/mol. The number of carbonyl (C=O) groups is 1. The van der Waals surface area contributed by atoms with Crippen LogP contribution in [0.3, 0.4) is 0 Å². The molecule has 26 heavy (non-hydrogen) atoms. The van der Waals surface area contributed by atoms with Crippen molar-refractivity contribution in [2.75, 3.05) is 23.3 Å². The van der Waals surface area contributed by atoms with E-state index in [0.29, 0.717) is 5.82 Å².